The van der Waals surface area contributed by atoms with Crippen molar-refractivity contribution >= 4 is 34.6 Å². The van der Waals surface area contributed by atoms with Crippen LogP contribution < -0.4 is 15.1 Å². The summed E-state index contributed by atoms with van der Waals surface area (Å²) >= 11 is 0. The average molecular weight is 469 g/mol. The largest absolute Gasteiger partial charge is 0.465 e. The van der Waals surface area contributed by atoms with Crippen molar-refractivity contribution in [1.82, 2.24) is 0 Å². The standard InChI is InChI=1S/C24H28N4O6/c1-33-24(30)18-6-7-20(27-11-13-34-14-12-27)19(15-18)25-23(29)17-5-8-21(22(16-17)28(31)32)26-9-3-2-4-10-26/h5-8,15-16H,2-4,9-14H2,1H3,(H,25,29). The summed E-state index contributed by atoms with van der Waals surface area (Å²) in [7, 11) is 1.29. The molecule has 1 N–H and O–H groups in total. The van der Waals surface area contributed by atoms with E-state index >= 15 is 0 Å². The minimum atomic E-state index is -0.523. The highest BCUT2D eigenvalue weighted by molar-refractivity contribution is 6.07. The second-order valence-electron chi connectivity index (χ2n) is 8.29. The number of rotatable bonds is 6. The molecule has 0 aliphatic carbocycles. The number of benzene rings is 2. The molecule has 34 heavy (non-hydrogen) atoms. The number of methoxy groups -OCH3 is 1. The molecule has 0 bridgehead atoms. The smallest absolute Gasteiger partial charge is 0.337 e. The maximum atomic E-state index is 13.2. The summed E-state index contributed by atoms with van der Waals surface area (Å²) in [6.07, 6.45) is 3.08. The van der Waals surface area contributed by atoms with E-state index in [9.17, 15) is 19.7 Å². The summed E-state index contributed by atoms with van der Waals surface area (Å²) in [6.45, 7) is 3.89. The quantitative estimate of drug-likeness (QED) is 0.389. The number of hydrogen-bond donors (Lipinski definition) is 1. The Morgan fingerprint density at radius 2 is 1.59 bits per heavy atom. The lowest BCUT2D eigenvalue weighted by Crippen LogP contribution is -2.36. The van der Waals surface area contributed by atoms with Crippen molar-refractivity contribution in [2.24, 2.45) is 0 Å². The zero-order chi connectivity index (χ0) is 24.1. The van der Waals surface area contributed by atoms with Crippen LogP contribution in [0.15, 0.2) is 36.4 Å². The highest BCUT2D eigenvalue weighted by atomic mass is 16.6. The first-order chi connectivity index (χ1) is 16.5. The second kappa shape index (κ2) is 10.5. The van der Waals surface area contributed by atoms with Gasteiger partial charge in [0, 0.05) is 37.8 Å². The fourth-order valence-corrected chi connectivity index (χ4v) is 4.37. The molecule has 4 rings (SSSR count). The van der Waals surface area contributed by atoms with Gasteiger partial charge in [-0.1, -0.05) is 0 Å². The summed E-state index contributed by atoms with van der Waals surface area (Å²) in [5.41, 5.74) is 2.07. The fraction of sp³-hybridized carbons (Fsp3) is 0.417. The molecule has 2 aromatic carbocycles. The van der Waals surface area contributed by atoms with Crippen LogP contribution in [0.1, 0.15) is 40.0 Å². The number of nitro groups is 1. The number of amides is 1. The van der Waals surface area contributed by atoms with Gasteiger partial charge in [-0.15, -0.1) is 0 Å². The van der Waals surface area contributed by atoms with E-state index in [0.29, 0.717) is 43.2 Å². The van der Waals surface area contributed by atoms with E-state index < -0.39 is 16.8 Å². The third-order valence-corrected chi connectivity index (χ3v) is 6.15. The molecule has 2 saturated heterocycles. The molecule has 180 valence electrons. The first-order valence-corrected chi connectivity index (χ1v) is 11.4. The maximum absolute atomic E-state index is 13.2. The Kier molecular flexibility index (Phi) is 7.27. The van der Waals surface area contributed by atoms with E-state index in [2.05, 4.69) is 10.2 Å². The second-order valence-corrected chi connectivity index (χ2v) is 8.29. The number of morpholine rings is 1. The van der Waals surface area contributed by atoms with Crippen molar-refractivity contribution in [2.75, 3.05) is 61.6 Å². The summed E-state index contributed by atoms with van der Waals surface area (Å²) in [4.78, 5) is 40.6. The van der Waals surface area contributed by atoms with Crippen LogP contribution >= 0.6 is 0 Å². The Bertz CT molecular complexity index is 1080. The van der Waals surface area contributed by atoms with E-state index in [-0.39, 0.29) is 11.3 Å². The number of hydrogen-bond acceptors (Lipinski definition) is 8. The number of nitrogens with one attached hydrogen (secondary N) is 1. The van der Waals surface area contributed by atoms with Gasteiger partial charge in [-0.3, -0.25) is 14.9 Å². The third-order valence-electron chi connectivity index (χ3n) is 6.15. The number of piperidine rings is 1. The first-order valence-electron chi connectivity index (χ1n) is 11.4. The van der Waals surface area contributed by atoms with Gasteiger partial charge in [0.25, 0.3) is 11.6 Å². The van der Waals surface area contributed by atoms with Gasteiger partial charge in [0.2, 0.25) is 0 Å². The van der Waals surface area contributed by atoms with E-state index in [0.717, 1.165) is 38.0 Å². The molecule has 0 unspecified atom stereocenters. The van der Waals surface area contributed by atoms with Gasteiger partial charge < -0.3 is 24.6 Å². The van der Waals surface area contributed by atoms with E-state index in [1.807, 2.05) is 4.90 Å². The Morgan fingerprint density at radius 3 is 2.26 bits per heavy atom. The Morgan fingerprint density at radius 1 is 0.941 bits per heavy atom. The molecular formula is C24H28N4O6. The van der Waals surface area contributed by atoms with Crippen molar-refractivity contribution in [2.45, 2.75) is 19.3 Å². The molecule has 1 amide bonds. The topological polar surface area (TPSA) is 114 Å². The van der Waals surface area contributed by atoms with Gasteiger partial charge in [-0.25, -0.2) is 4.79 Å². The van der Waals surface area contributed by atoms with Crippen molar-refractivity contribution in [3.8, 4) is 0 Å². The molecule has 0 saturated carbocycles. The fourth-order valence-electron chi connectivity index (χ4n) is 4.37. The molecule has 10 heteroatoms. The van der Waals surface area contributed by atoms with Crippen LogP contribution in [-0.2, 0) is 9.47 Å². The number of nitrogens with zero attached hydrogens (tertiary/aromatic N) is 3. The van der Waals surface area contributed by atoms with Gasteiger partial charge in [0.1, 0.15) is 5.69 Å². The summed E-state index contributed by atoms with van der Waals surface area (Å²) in [5.74, 6) is -1.02. The van der Waals surface area contributed by atoms with Gasteiger partial charge in [0.15, 0.2) is 0 Å². The van der Waals surface area contributed by atoms with Crippen molar-refractivity contribution in [3.05, 3.63) is 57.6 Å². The first kappa shape index (κ1) is 23.5. The zero-order valence-electron chi connectivity index (χ0n) is 19.1. The lowest BCUT2D eigenvalue weighted by Gasteiger charge is -2.30. The number of carbonyl (C=O) groups excluding carboxylic acids is 2. The highest BCUT2D eigenvalue weighted by Gasteiger charge is 2.24. The molecule has 0 radical (unpaired) electrons. The van der Waals surface area contributed by atoms with Crippen LogP contribution in [0.5, 0.6) is 0 Å². The molecule has 2 aliphatic heterocycles. The molecule has 10 nitrogen and oxygen atoms in total. The molecule has 2 aromatic rings. The number of ether oxygens (including phenoxy) is 2. The SMILES string of the molecule is COC(=O)c1ccc(N2CCOCC2)c(NC(=O)c2ccc(N3CCCCC3)c([N+](=O)[O-])c2)c1. The molecule has 2 aliphatic rings. The minimum absolute atomic E-state index is 0.0914. The third kappa shape index (κ3) is 5.12. The van der Waals surface area contributed by atoms with E-state index in [4.69, 9.17) is 9.47 Å². The van der Waals surface area contributed by atoms with Crippen LogP contribution in [0.4, 0.5) is 22.7 Å². The van der Waals surface area contributed by atoms with Crippen molar-refractivity contribution in [1.29, 1.82) is 0 Å². The number of esters is 1. The van der Waals surface area contributed by atoms with Crippen LogP contribution in [0, 0.1) is 10.1 Å². The number of anilines is 3. The molecule has 2 fully saturated rings. The molecule has 0 atom stereocenters. The summed E-state index contributed by atoms with van der Waals surface area (Å²) < 4.78 is 10.2. The predicted molar refractivity (Wildman–Crippen MR) is 128 cm³/mol. The summed E-state index contributed by atoms with van der Waals surface area (Å²) in [5, 5.41) is 14.6. The van der Waals surface area contributed by atoms with E-state index in [1.165, 1.54) is 13.2 Å². The van der Waals surface area contributed by atoms with Crippen LogP contribution in [0.2, 0.25) is 0 Å². The van der Waals surface area contributed by atoms with Crippen molar-refractivity contribution in [3.63, 3.8) is 0 Å². The van der Waals surface area contributed by atoms with Gasteiger partial charge in [-0.05, 0) is 49.6 Å². The molecule has 2 heterocycles. The monoisotopic (exact) mass is 468 g/mol. The lowest BCUT2D eigenvalue weighted by molar-refractivity contribution is -0.384. The number of nitro benzene ring substituents is 1. The van der Waals surface area contributed by atoms with Gasteiger partial charge >= 0.3 is 5.97 Å². The maximum Gasteiger partial charge on any atom is 0.337 e. The predicted octanol–water partition coefficient (Wildman–Crippen LogP) is 3.46. The van der Waals surface area contributed by atoms with E-state index in [1.54, 1.807) is 30.3 Å². The number of carbonyl (C=O) groups is 2. The van der Waals surface area contributed by atoms with Crippen LogP contribution in [-0.4, -0.2) is 63.3 Å². The minimum Gasteiger partial charge on any atom is -0.465 e. The van der Waals surface area contributed by atoms with Crippen LogP contribution in [0.3, 0.4) is 0 Å². The molecular weight excluding hydrogens is 440 g/mol. The Hall–Kier alpha value is -3.66. The Balaban J connectivity index is 1.64. The summed E-state index contributed by atoms with van der Waals surface area (Å²) in [6, 6.07) is 9.53. The average Bonchev–Trinajstić information content (AvgIpc) is 2.88. The van der Waals surface area contributed by atoms with Crippen LogP contribution in [0.25, 0.3) is 0 Å². The Labute approximate surface area is 197 Å². The molecule has 0 aromatic heterocycles. The van der Waals surface area contributed by atoms with Crippen molar-refractivity contribution < 1.29 is 24.0 Å². The normalized spacial score (nSPS) is 16.1. The van der Waals surface area contributed by atoms with Gasteiger partial charge in [-0.2, -0.15) is 0 Å². The van der Waals surface area contributed by atoms with Gasteiger partial charge in [0.05, 0.1) is 42.2 Å². The zero-order valence-corrected chi connectivity index (χ0v) is 19.1. The lowest BCUT2D eigenvalue weighted by atomic mass is 10.1. The highest BCUT2D eigenvalue weighted by Crippen LogP contribution is 2.33. The molecule has 0 spiro atoms.